The predicted octanol–water partition coefficient (Wildman–Crippen LogP) is -1.27. The van der Waals surface area contributed by atoms with Gasteiger partial charge in [0.05, 0.1) is 6.61 Å². The minimum Gasteiger partial charge on any atom is -0.394 e. The van der Waals surface area contributed by atoms with Crippen LogP contribution in [-0.4, -0.2) is 129 Å². The second-order valence-corrected chi connectivity index (χ2v) is 12.9. The van der Waals surface area contributed by atoms with Crippen LogP contribution >= 0.6 is 11.3 Å². The Hall–Kier alpha value is -3.49. The number of amides is 1. The van der Waals surface area contributed by atoms with E-state index in [1.54, 1.807) is 6.08 Å². The number of nitrogens with zero attached hydrogens (tertiary/aromatic N) is 3. The Labute approximate surface area is 280 Å². The average Bonchev–Trinajstić information content (AvgIpc) is 3.57. The molecule has 5 rings (SSSR count). The molecule has 0 aliphatic carbocycles. The van der Waals surface area contributed by atoms with Gasteiger partial charge in [0.15, 0.2) is 12.6 Å². The number of carbonyl (C=O) groups is 1. The van der Waals surface area contributed by atoms with Crippen LogP contribution < -0.4 is 10.2 Å². The number of fused-ring (bicyclic) bond motifs is 1. The minimum absolute atomic E-state index is 0.0393. The lowest BCUT2D eigenvalue weighted by Crippen LogP contribution is -2.64. The van der Waals surface area contributed by atoms with Gasteiger partial charge in [-0.3, -0.25) is 4.79 Å². The van der Waals surface area contributed by atoms with Crippen molar-refractivity contribution in [2.45, 2.75) is 80.7 Å². The number of carbonyl (C=O) groups excluding carboxylic acids is 1. The van der Waals surface area contributed by atoms with E-state index < -0.39 is 68.0 Å². The summed E-state index contributed by atoms with van der Waals surface area (Å²) in [7, 11) is 0. The fraction of sp³-hybridized carbons (Fsp3) is 0.531. The Morgan fingerprint density at radius 1 is 0.958 bits per heavy atom. The van der Waals surface area contributed by atoms with Crippen LogP contribution in [0.2, 0.25) is 0 Å². The Bertz CT molecular complexity index is 1540. The van der Waals surface area contributed by atoms with Crippen LogP contribution in [0.15, 0.2) is 35.9 Å². The fourth-order valence-electron chi connectivity index (χ4n) is 5.93. The lowest BCUT2D eigenvalue weighted by molar-refractivity contribution is -0.374. The van der Waals surface area contributed by atoms with Crippen LogP contribution in [0.3, 0.4) is 0 Å². The first-order valence-corrected chi connectivity index (χ1v) is 16.3. The lowest BCUT2D eigenvalue weighted by atomic mass is 9.97. The van der Waals surface area contributed by atoms with Crippen molar-refractivity contribution in [3.63, 3.8) is 0 Å². The molecule has 0 spiro atoms. The number of allylic oxidation sites excluding steroid dienone is 1. The highest BCUT2D eigenvalue weighted by atomic mass is 32.1. The van der Waals surface area contributed by atoms with Crippen LogP contribution in [0.4, 0.5) is 5.69 Å². The molecule has 6 unspecified atom stereocenters. The number of aliphatic hydroxyl groups excluding tert-OH is 7. The second kappa shape index (κ2) is 15.8. The van der Waals surface area contributed by atoms with E-state index in [9.17, 15) is 40.5 Å². The summed E-state index contributed by atoms with van der Waals surface area (Å²) in [6.07, 6.45) is -12.7. The molecule has 16 heteroatoms. The van der Waals surface area contributed by atoms with E-state index in [4.69, 9.17) is 24.7 Å². The third-order valence-electron chi connectivity index (χ3n) is 8.63. The Balaban J connectivity index is 1.15. The van der Waals surface area contributed by atoms with Crippen LogP contribution in [0.1, 0.15) is 23.3 Å². The third-order valence-corrected chi connectivity index (χ3v) is 9.71. The van der Waals surface area contributed by atoms with Gasteiger partial charge < -0.3 is 60.2 Å². The number of nitrogens with one attached hydrogen (secondary N) is 1. The molecule has 1 aromatic heterocycles. The smallest absolute Gasteiger partial charge is 0.221 e. The van der Waals surface area contributed by atoms with Gasteiger partial charge >= 0.3 is 0 Å². The Morgan fingerprint density at radius 2 is 1.62 bits per heavy atom. The first-order chi connectivity index (χ1) is 23.0. The summed E-state index contributed by atoms with van der Waals surface area (Å²) < 4.78 is 16.3. The number of benzene rings is 1. The fourth-order valence-corrected chi connectivity index (χ4v) is 6.87. The highest BCUT2D eigenvalue weighted by molar-refractivity contribution is 7.16. The van der Waals surface area contributed by atoms with E-state index in [2.05, 4.69) is 16.3 Å². The number of aryl methyl sites for hydroxylation is 1. The summed E-state index contributed by atoms with van der Waals surface area (Å²) in [5.74, 6) is -0.352. The first kappa shape index (κ1) is 35.8. The van der Waals surface area contributed by atoms with Crippen molar-refractivity contribution in [3.8, 4) is 22.6 Å². The molecular weight excluding hydrogens is 648 g/mol. The second-order valence-electron chi connectivity index (χ2n) is 11.8. The Morgan fingerprint density at radius 3 is 2.29 bits per heavy atom. The van der Waals surface area contributed by atoms with Gasteiger partial charge in [-0.2, -0.15) is 10.5 Å². The minimum atomic E-state index is -1.79. The maximum absolute atomic E-state index is 12.8. The average molecular weight is 687 g/mol. The Kier molecular flexibility index (Phi) is 11.8. The van der Waals surface area contributed by atoms with Gasteiger partial charge in [-0.1, -0.05) is 6.07 Å². The topological polar surface area (TPSA) is 249 Å². The summed E-state index contributed by atoms with van der Waals surface area (Å²) in [4.78, 5) is 16.8. The van der Waals surface area contributed by atoms with Crippen molar-refractivity contribution in [1.29, 1.82) is 10.5 Å². The van der Waals surface area contributed by atoms with E-state index in [-0.39, 0.29) is 24.4 Å². The largest absolute Gasteiger partial charge is 0.394 e. The summed E-state index contributed by atoms with van der Waals surface area (Å²) in [6.45, 7) is 0.212. The molecule has 15 nitrogen and oxygen atoms in total. The lowest BCUT2D eigenvalue weighted by Gasteiger charge is -2.44. The molecule has 48 heavy (non-hydrogen) atoms. The predicted molar refractivity (Wildman–Crippen MR) is 169 cm³/mol. The zero-order valence-electron chi connectivity index (χ0n) is 25.7. The quantitative estimate of drug-likeness (QED) is 0.136. The van der Waals surface area contributed by atoms with Gasteiger partial charge in [0, 0.05) is 41.5 Å². The molecule has 1 aromatic carbocycles. The maximum Gasteiger partial charge on any atom is 0.221 e. The number of rotatable bonds is 10. The first-order valence-electron chi connectivity index (χ1n) is 15.5. The molecule has 8 N–H and O–H groups in total. The van der Waals surface area contributed by atoms with Crippen molar-refractivity contribution in [2.75, 3.05) is 31.1 Å². The van der Waals surface area contributed by atoms with Crippen LogP contribution in [0, 0.1) is 22.7 Å². The molecule has 10 atom stereocenters. The zero-order chi connectivity index (χ0) is 34.5. The highest BCUT2D eigenvalue weighted by Crippen LogP contribution is 2.35. The summed E-state index contributed by atoms with van der Waals surface area (Å²) >= 11 is 1.48. The van der Waals surface area contributed by atoms with Crippen molar-refractivity contribution in [3.05, 3.63) is 46.3 Å². The molecule has 0 radical (unpaired) electrons. The molecule has 258 valence electrons. The third kappa shape index (κ3) is 7.86. The molecule has 4 heterocycles. The number of aliphatic hydroxyl groups is 7. The van der Waals surface area contributed by atoms with E-state index in [0.29, 0.717) is 6.54 Å². The molecule has 2 saturated heterocycles. The van der Waals surface area contributed by atoms with Crippen LogP contribution in [-0.2, 0) is 25.4 Å². The number of anilines is 1. The number of hydrogen-bond acceptors (Lipinski definition) is 15. The van der Waals surface area contributed by atoms with Crippen molar-refractivity contribution >= 4 is 29.0 Å². The van der Waals surface area contributed by atoms with Gasteiger partial charge in [-0.05, 0) is 54.3 Å². The molecule has 3 aliphatic heterocycles. The zero-order valence-corrected chi connectivity index (χ0v) is 26.5. The van der Waals surface area contributed by atoms with Gasteiger partial charge in [-0.15, -0.1) is 11.3 Å². The molecule has 2 aromatic rings. The highest BCUT2D eigenvalue weighted by Gasteiger charge is 2.49. The van der Waals surface area contributed by atoms with Gasteiger partial charge in [0.2, 0.25) is 5.91 Å². The molecule has 0 bridgehead atoms. The van der Waals surface area contributed by atoms with E-state index in [1.165, 1.54) is 11.3 Å². The van der Waals surface area contributed by atoms with E-state index in [0.717, 1.165) is 46.0 Å². The van der Waals surface area contributed by atoms with Gasteiger partial charge in [-0.25, -0.2) is 0 Å². The summed E-state index contributed by atoms with van der Waals surface area (Å²) in [6, 6.07) is 13.7. The molecule has 3 aliphatic rings. The standard InChI is InChI=1S/C32H38N4O11S/c33-12-16(13-34)10-19-4-6-23(48-19)18-3-5-20-17(11-18)2-1-8-36(20)9-7-24(38)35-14-21-25(39)27(41)29(43)31(45-21)47-32-30(44)28(42)26(40)22(15-37)46-32/h3-6,10-11,21-22,25-32,37,39-44H,1-2,7-9,14-15H2,(H,35,38)/t21?,22?,25-,26-,27?,28?,29?,30?,31-,32-/m1/s1. The number of ether oxygens (including phenoxy) is 3. The molecule has 1 amide bonds. The van der Waals surface area contributed by atoms with E-state index in [1.807, 2.05) is 36.4 Å². The van der Waals surface area contributed by atoms with Crippen LogP contribution in [0.5, 0.6) is 0 Å². The van der Waals surface area contributed by atoms with Gasteiger partial charge in [0.25, 0.3) is 0 Å². The molecular formula is C32H38N4O11S. The normalized spacial score (nSPS) is 31.6. The number of thiophene rings is 1. The van der Waals surface area contributed by atoms with Gasteiger partial charge in [0.1, 0.15) is 66.5 Å². The number of hydrogen-bond donors (Lipinski definition) is 8. The van der Waals surface area contributed by atoms with Crippen molar-refractivity contribution < 1.29 is 54.8 Å². The SMILES string of the molecule is N#CC(C#N)=Cc1ccc(-c2ccc3c(c2)CCCN3CCC(=O)NCC2O[C@H](O[C@H]3OC(CO)[C@@H](O)C(O)C3O)C(O)C(O)[C@@H]2O)s1. The maximum atomic E-state index is 12.8. The van der Waals surface area contributed by atoms with Crippen molar-refractivity contribution in [2.24, 2.45) is 0 Å². The summed E-state index contributed by atoms with van der Waals surface area (Å²) in [5.41, 5.74) is 3.20. The molecule has 2 fully saturated rings. The molecule has 0 saturated carbocycles. The van der Waals surface area contributed by atoms with E-state index >= 15 is 0 Å². The van der Waals surface area contributed by atoms with Crippen LogP contribution in [0.25, 0.3) is 16.5 Å². The van der Waals surface area contributed by atoms with Crippen molar-refractivity contribution in [1.82, 2.24) is 5.32 Å². The number of nitriles is 2. The summed E-state index contributed by atoms with van der Waals surface area (Å²) in [5, 5.41) is 91.7. The monoisotopic (exact) mass is 686 g/mol.